The third-order valence-corrected chi connectivity index (χ3v) is 3.87. The van der Waals surface area contributed by atoms with Crippen molar-refractivity contribution in [2.24, 2.45) is 0 Å². The molecule has 0 bridgehead atoms. The molecule has 1 aliphatic heterocycles. The van der Waals surface area contributed by atoms with Crippen LogP contribution in [-0.2, 0) is 17.6 Å². The number of hydrogen-bond acceptors (Lipinski definition) is 4. The lowest BCUT2D eigenvalue weighted by atomic mass is 10.1. The van der Waals surface area contributed by atoms with Crippen LogP contribution in [0.25, 0.3) is 0 Å². The van der Waals surface area contributed by atoms with Gasteiger partial charge < -0.3 is 19.5 Å². The van der Waals surface area contributed by atoms with Crippen molar-refractivity contribution in [3.05, 3.63) is 53.6 Å². The van der Waals surface area contributed by atoms with E-state index in [9.17, 15) is 4.79 Å². The maximum absolute atomic E-state index is 11.8. The Morgan fingerprint density at radius 1 is 1.08 bits per heavy atom. The van der Waals surface area contributed by atoms with Crippen molar-refractivity contribution >= 4 is 5.91 Å². The number of fused-ring (bicyclic) bond motifs is 1. The first-order valence-corrected chi connectivity index (χ1v) is 8.11. The summed E-state index contributed by atoms with van der Waals surface area (Å²) in [6, 6.07) is 13.6. The summed E-state index contributed by atoms with van der Waals surface area (Å²) in [6.45, 7) is 2.94. The number of benzene rings is 2. The van der Waals surface area contributed by atoms with Gasteiger partial charge in [-0.15, -0.1) is 0 Å². The Labute approximate surface area is 141 Å². The molecule has 1 heterocycles. The summed E-state index contributed by atoms with van der Waals surface area (Å²) in [6.07, 6.45) is 1.72. The Kier molecular flexibility index (Phi) is 5.21. The Bertz CT molecular complexity index is 697. The number of carbonyl (C=O) groups is 1. The number of amides is 1. The van der Waals surface area contributed by atoms with E-state index in [4.69, 9.17) is 14.2 Å². The molecule has 0 saturated carbocycles. The fraction of sp³-hybridized carbons (Fsp3) is 0.316. The predicted octanol–water partition coefficient (Wildman–Crippen LogP) is 2.72. The molecule has 0 spiro atoms. The first-order chi connectivity index (χ1) is 11.7. The maximum Gasteiger partial charge on any atom is 0.257 e. The van der Waals surface area contributed by atoms with E-state index in [1.807, 2.05) is 42.5 Å². The fourth-order valence-electron chi connectivity index (χ4n) is 2.46. The van der Waals surface area contributed by atoms with Crippen LogP contribution in [-0.4, -0.2) is 25.9 Å². The minimum absolute atomic E-state index is 0.0204. The van der Waals surface area contributed by atoms with Crippen LogP contribution < -0.4 is 19.5 Å². The molecule has 0 aliphatic carbocycles. The van der Waals surface area contributed by atoms with Gasteiger partial charge in [-0.05, 0) is 48.2 Å². The molecule has 2 aromatic rings. The van der Waals surface area contributed by atoms with Crippen LogP contribution in [0, 0.1) is 0 Å². The lowest BCUT2D eigenvalue weighted by molar-refractivity contribution is -0.123. The number of nitrogens with one attached hydrogen (secondary N) is 1. The van der Waals surface area contributed by atoms with Gasteiger partial charge >= 0.3 is 0 Å². The molecule has 0 fully saturated rings. The van der Waals surface area contributed by atoms with Crippen LogP contribution in [0.4, 0.5) is 0 Å². The Morgan fingerprint density at radius 2 is 1.83 bits per heavy atom. The quantitative estimate of drug-likeness (QED) is 0.849. The number of carbonyl (C=O) groups excluding carboxylic acids is 1. The first kappa shape index (κ1) is 16.2. The molecule has 0 radical (unpaired) electrons. The highest BCUT2D eigenvalue weighted by Gasteiger charge is 2.13. The van der Waals surface area contributed by atoms with Gasteiger partial charge in [0.15, 0.2) is 18.1 Å². The standard InChI is InChI=1S/C19H21NO4/c1-2-14-3-6-16(7-4-14)22-12-19(21)20-10-9-15-5-8-17-18(11-15)24-13-23-17/h3-8,11H,2,9-10,12-13H2,1H3,(H,20,21). The van der Waals surface area contributed by atoms with Crippen molar-refractivity contribution in [2.75, 3.05) is 19.9 Å². The van der Waals surface area contributed by atoms with Crippen molar-refractivity contribution < 1.29 is 19.0 Å². The van der Waals surface area contributed by atoms with Gasteiger partial charge in [0.1, 0.15) is 5.75 Å². The SMILES string of the molecule is CCc1ccc(OCC(=O)NCCc2ccc3c(c2)OCO3)cc1. The third kappa shape index (κ3) is 4.19. The minimum Gasteiger partial charge on any atom is -0.484 e. The zero-order valence-corrected chi connectivity index (χ0v) is 13.7. The molecule has 1 N–H and O–H groups in total. The highest BCUT2D eigenvalue weighted by molar-refractivity contribution is 5.77. The molecule has 3 rings (SSSR count). The predicted molar refractivity (Wildman–Crippen MR) is 90.6 cm³/mol. The van der Waals surface area contributed by atoms with Gasteiger partial charge in [-0.1, -0.05) is 25.1 Å². The van der Waals surface area contributed by atoms with Crippen molar-refractivity contribution in [3.8, 4) is 17.2 Å². The van der Waals surface area contributed by atoms with E-state index < -0.39 is 0 Å². The van der Waals surface area contributed by atoms with Crippen molar-refractivity contribution in [1.29, 1.82) is 0 Å². The molecule has 24 heavy (non-hydrogen) atoms. The summed E-state index contributed by atoms with van der Waals surface area (Å²) < 4.78 is 16.1. The van der Waals surface area contributed by atoms with Gasteiger partial charge in [0.25, 0.3) is 5.91 Å². The van der Waals surface area contributed by atoms with E-state index in [2.05, 4.69) is 12.2 Å². The summed E-state index contributed by atoms with van der Waals surface area (Å²) in [5.41, 5.74) is 2.34. The molecular weight excluding hydrogens is 306 g/mol. The van der Waals surface area contributed by atoms with Crippen molar-refractivity contribution in [2.45, 2.75) is 19.8 Å². The summed E-state index contributed by atoms with van der Waals surface area (Å²) in [7, 11) is 0. The molecule has 5 nitrogen and oxygen atoms in total. The van der Waals surface area contributed by atoms with E-state index in [1.165, 1.54) is 5.56 Å². The van der Waals surface area contributed by atoms with E-state index in [1.54, 1.807) is 0 Å². The number of ether oxygens (including phenoxy) is 3. The first-order valence-electron chi connectivity index (χ1n) is 8.11. The zero-order chi connectivity index (χ0) is 16.8. The minimum atomic E-state index is -0.129. The van der Waals surface area contributed by atoms with Crippen LogP contribution in [0.3, 0.4) is 0 Å². The second-order valence-electron chi connectivity index (χ2n) is 5.57. The third-order valence-electron chi connectivity index (χ3n) is 3.87. The summed E-state index contributed by atoms with van der Waals surface area (Å²) >= 11 is 0. The average molecular weight is 327 g/mol. The van der Waals surface area contributed by atoms with E-state index in [-0.39, 0.29) is 19.3 Å². The second kappa shape index (κ2) is 7.73. The van der Waals surface area contributed by atoms with Crippen LogP contribution >= 0.6 is 0 Å². The molecule has 1 aliphatic rings. The van der Waals surface area contributed by atoms with Crippen molar-refractivity contribution in [1.82, 2.24) is 5.32 Å². The van der Waals surface area contributed by atoms with Gasteiger partial charge in [0.05, 0.1) is 0 Å². The lowest BCUT2D eigenvalue weighted by Crippen LogP contribution is -2.30. The second-order valence-corrected chi connectivity index (χ2v) is 5.57. The largest absolute Gasteiger partial charge is 0.484 e. The average Bonchev–Trinajstić information content (AvgIpc) is 3.08. The van der Waals surface area contributed by atoms with Gasteiger partial charge in [-0.25, -0.2) is 0 Å². The molecule has 0 unspecified atom stereocenters. The van der Waals surface area contributed by atoms with E-state index >= 15 is 0 Å². The van der Waals surface area contributed by atoms with Gasteiger partial charge in [-0.2, -0.15) is 0 Å². The smallest absolute Gasteiger partial charge is 0.257 e. The molecule has 126 valence electrons. The molecule has 0 aromatic heterocycles. The highest BCUT2D eigenvalue weighted by Crippen LogP contribution is 2.32. The molecular formula is C19H21NO4. The number of aryl methyl sites for hydroxylation is 1. The Morgan fingerprint density at radius 3 is 2.62 bits per heavy atom. The zero-order valence-electron chi connectivity index (χ0n) is 13.7. The highest BCUT2D eigenvalue weighted by atomic mass is 16.7. The van der Waals surface area contributed by atoms with Gasteiger partial charge in [0.2, 0.25) is 6.79 Å². The van der Waals surface area contributed by atoms with Crippen LogP contribution in [0.1, 0.15) is 18.1 Å². The fourth-order valence-corrected chi connectivity index (χ4v) is 2.46. The van der Waals surface area contributed by atoms with Gasteiger partial charge in [0, 0.05) is 6.54 Å². The number of rotatable bonds is 7. The Balaban J connectivity index is 1.39. The molecule has 0 saturated heterocycles. The normalized spacial score (nSPS) is 12.0. The molecule has 0 atom stereocenters. The van der Waals surface area contributed by atoms with Crippen molar-refractivity contribution in [3.63, 3.8) is 0 Å². The van der Waals surface area contributed by atoms with Crippen LogP contribution in [0.15, 0.2) is 42.5 Å². The molecule has 2 aromatic carbocycles. The van der Waals surface area contributed by atoms with E-state index in [0.29, 0.717) is 12.3 Å². The number of hydrogen-bond donors (Lipinski definition) is 1. The maximum atomic E-state index is 11.8. The lowest BCUT2D eigenvalue weighted by Gasteiger charge is -2.08. The summed E-state index contributed by atoms with van der Waals surface area (Å²) in [5, 5.41) is 2.86. The van der Waals surface area contributed by atoms with Crippen LogP contribution in [0.2, 0.25) is 0 Å². The topological polar surface area (TPSA) is 56.8 Å². The van der Waals surface area contributed by atoms with Gasteiger partial charge in [-0.3, -0.25) is 4.79 Å². The summed E-state index contributed by atoms with van der Waals surface area (Å²) in [4.78, 5) is 11.8. The van der Waals surface area contributed by atoms with Crippen LogP contribution in [0.5, 0.6) is 17.2 Å². The molecule has 1 amide bonds. The van der Waals surface area contributed by atoms with E-state index in [0.717, 1.165) is 29.9 Å². The molecule has 5 heteroatoms. The monoisotopic (exact) mass is 327 g/mol. The Hall–Kier alpha value is -2.69. The summed E-state index contributed by atoms with van der Waals surface area (Å²) in [5.74, 6) is 2.11.